The van der Waals surface area contributed by atoms with E-state index in [0.717, 1.165) is 37.2 Å². The van der Waals surface area contributed by atoms with Crippen LogP contribution in [0.3, 0.4) is 0 Å². The van der Waals surface area contributed by atoms with Crippen molar-refractivity contribution in [3.05, 3.63) is 17.5 Å². The predicted molar refractivity (Wildman–Crippen MR) is 78.4 cm³/mol. The van der Waals surface area contributed by atoms with E-state index >= 15 is 0 Å². The highest BCUT2D eigenvalue weighted by atomic mass is 32.2. The van der Waals surface area contributed by atoms with Crippen molar-refractivity contribution >= 4 is 9.84 Å². The smallest absolute Gasteiger partial charge is 0.155 e. The molecular formula is C14H24N2O3S. The summed E-state index contributed by atoms with van der Waals surface area (Å²) in [5.74, 6) is 0.210. The van der Waals surface area contributed by atoms with E-state index in [4.69, 9.17) is 0 Å². The highest BCUT2D eigenvalue weighted by molar-refractivity contribution is 7.92. The normalized spacial score (nSPS) is 23.6. The van der Waals surface area contributed by atoms with E-state index in [2.05, 4.69) is 5.10 Å². The minimum Gasteiger partial charge on any atom is -0.391 e. The van der Waals surface area contributed by atoms with Gasteiger partial charge in [0.05, 0.1) is 22.8 Å². The molecule has 0 spiro atoms. The maximum absolute atomic E-state index is 12.0. The fourth-order valence-corrected chi connectivity index (χ4v) is 4.89. The van der Waals surface area contributed by atoms with Crippen LogP contribution in [0.25, 0.3) is 0 Å². The largest absolute Gasteiger partial charge is 0.391 e. The number of hydrogen-bond acceptors (Lipinski definition) is 4. The van der Waals surface area contributed by atoms with E-state index in [1.165, 1.54) is 0 Å². The molecule has 2 atom stereocenters. The van der Waals surface area contributed by atoms with E-state index in [1.807, 2.05) is 24.6 Å². The second-order valence-corrected chi connectivity index (χ2v) is 7.81. The molecule has 1 saturated heterocycles. The maximum Gasteiger partial charge on any atom is 0.155 e. The highest BCUT2D eigenvalue weighted by Crippen LogP contribution is 2.24. The third-order valence-corrected chi connectivity index (χ3v) is 6.38. The van der Waals surface area contributed by atoms with Crippen LogP contribution < -0.4 is 0 Å². The summed E-state index contributed by atoms with van der Waals surface area (Å²) in [5, 5.41) is 14.2. The van der Waals surface area contributed by atoms with Gasteiger partial charge in [-0.15, -0.1) is 0 Å². The van der Waals surface area contributed by atoms with Gasteiger partial charge in [-0.25, -0.2) is 8.42 Å². The van der Waals surface area contributed by atoms with Gasteiger partial charge in [-0.2, -0.15) is 5.10 Å². The van der Waals surface area contributed by atoms with E-state index in [1.54, 1.807) is 0 Å². The molecule has 1 fully saturated rings. The topological polar surface area (TPSA) is 72.2 Å². The van der Waals surface area contributed by atoms with Crippen molar-refractivity contribution in [2.24, 2.45) is 0 Å². The molecule has 1 aromatic heterocycles. The number of aromatic nitrogens is 2. The van der Waals surface area contributed by atoms with Crippen LogP contribution in [0.1, 0.15) is 44.5 Å². The van der Waals surface area contributed by atoms with Crippen molar-refractivity contribution in [3.8, 4) is 0 Å². The minimum absolute atomic E-state index is 0.210. The molecule has 1 N–H and O–H groups in total. The summed E-state index contributed by atoms with van der Waals surface area (Å²) in [6.07, 6.45) is 2.56. The van der Waals surface area contributed by atoms with Gasteiger partial charge in [0.2, 0.25) is 0 Å². The van der Waals surface area contributed by atoms with Crippen molar-refractivity contribution in [1.29, 1.82) is 0 Å². The van der Waals surface area contributed by atoms with Crippen molar-refractivity contribution < 1.29 is 13.5 Å². The van der Waals surface area contributed by atoms with Crippen LogP contribution >= 0.6 is 0 Å². The van der Waals surface area contributed by atoms with Crippen LogP contribution in [-0.4, -0.2) is 40.4 Å². The zero-order valence-electron chi connectivity index (χ0n) is 12.2. The summed E-state index contributed by atoms with van der Waals surface area (Å²) in [4.78, 5) is 0. The Hall–Kier alpha value is -0.880. The van der Waals surface area contributed by atoms with Gasteiger partial charge in [0.1, 0.15) is 0 Å². The number of aryl methyl sites for hydroxylation is 2. The lowest BCUT2D eigenvalue weighted by Crippen LogP contribution is -2.39. The molecule has 114 valence electrons. The summed E-state index contributed by atoms with van der Waals surface area (Å²) in [7, 11) is -3.14. The van der Waals surface area contributed by atoms with Gasteiger partial charge in [0, 0.05) is 18.7 Å². The van der Waals surface area contributed by atoms with Crippen LogP contribution in [0.4, 0.5) is 0 Å². The van der Waals surface area contributed by atoms with Crippen molar-refractivity contribution in [2.75, 3.05) is 5.75 Å². The number of aliphatic hydroxyl groups is 1. The number of sulfone groups is 1. The molecule has 2 rings (SSSR count). The summed E-state index contributed by atoms with van der Waals surface area (Å²) >= 11 is 0. The number of rotatable bonds is 5. The lowest BCUT2D eigenvalue weighted by atomic mass is 10.0. The van der Waals surface area contributed by atoms with Gasteiger partial charge in [0.15, 0.2) is 9.84 Å². The van der Waals surface area contributed by atoms with Crippen LogP contribution in [0.5, 0.6) is 0 Å². The molecule has 0 radical (unpaired) electrons. The molecule has 1 aliphatic heterocycles. The molecular weight excluding hydrogens is 276 g/mol. The first-order valence-electron chi connectivity index (χ1n) is 7.43. The lowest BCUT2D eigenvalue weighted by molar-refractivity contribution is 0.159. The fraction of sp³-hybridized carbons (Fsp3) is 0.786. The third-order valence-electron chi connectivity index (χ3n) is 4.05. The fourth-order valence-electron chi connectivity index (χ4n) is 2.88. The molecule has 0 saturated carbocycles. The second-order valence-electron chi connectivity index (χ2n) is 5.47. The molecule has 0 aromatic carbocycles. The van der Waals surface area contributed by atoms with Crippen molar-refractivity contribution in [3.63, 3.8) is 0 Å². The van der Waals surface area contributed by atoms with Crippen LogP contribution in [0.2, 0.25) is 0 Å². The Bertz CT molecular complexity index is 551. The molecule has 2 heterocycles. The minimum atomic E-state index is -3.14. The van der Waals surface area contributed by atoms with E-state index in [9.17, 15) is 13.5 Å². The highest BCUT2D eigenvalue weighted by Gasteiger charge is 2.35. The lowest BCUT2D eigenvalue weighted by Gasteiger charge is -2.26. The van der Waals surface area contributed by atoms with E-state index < -0.39 is 21.2 Å². The van der Waals surface area contributed by atoms with Crippen LogP contribution in [-0.2, 0) is 29.2 Å². The SMILES string of the molecule is CCc1cc(CC(O)C2CCCCS2(=O)=O)n(CC)n1. The van der Waals surface area contributed by atoms with Crippen molar-refractivity contribution in [1.82, 2.24) is 9.78 Å². The summed E-state index contributed by atoms with van der Waals surface area (Å²) in [6, 6.07) is 1.97. The third kappa shape index (κ3) is 3.23. The molecule has 0 bridgehead atoms. The van der Waals surface area contributed by atoms with Gasteiger partial charge in [-0.1, -0.05) is 13.3 Å². The maximum atomic E-state index is 12.0. The first-order chi connectivity index (χ1) is 9.47. The average Bonchev–Trinajstić information content (AvgIpc) is 2.80. The first-order valence-corrected chi connectivity index (χ1v) is 9.14. The van der Waals surface area contributed by atoms with Gasteiger partial charge in [-0.3, -0.25) is 4.68 Å². The molecule has 0 amide bonds. The molecule has 6 heteroatoms. The molecule has 1 aliphatic rings. The van der Waals surface area contributed by atoms with Gasteiger partial charge >= 0.3 is 0 Å². The number of hydrogen-bond donors (Lipinski definition) is 1. The zero-order chi connectivity index (χ0) is 14.8. The molecule has 20 heavy (non-hydrogen) atoms. The summed E-state index contributed by atoms with van der Waals surface area (Å²) in [6.45, 7) is 4.77. The average molecular weight is 300 g/mol. The molecule has 1 aromatic rings. The molecule has 2 unspecified atom stereocenters. The monoisotopic (exact) mass is 300 g/mol. The summed E-state index contributed by atoms with van der Waals surface area (Å²) < 4.78 is 26.0. The quantitative estimate of drug-likeness (QED) is 0.890. The van der Waals surface area contributed by atoms with Gasteiger partial charge < -0.3 is 5.11 Å². The zero-order valence-corrected chi connectivity index (χ0v) is 13.1. The molecule has 0 aliphatic carbocycles. The van der Waals surface area contributed by atoms with Crippen LogP contribution in [0.15, 0.2) is 6.07 Å². The van der Waals surface area contributed by atoms with Crippen molar-refractivity contribution in [2.45, 2.75) is 63.9 Å². The van der Waals surface area contributed by atoms with E-state index in [0.29, 0.717) is 12.8 Å². The Kier molecular flexibility index (Phi) is 4.86. The standard InChI is InChI=1S/C14H24N2O3S/c1-3-11-9-12(16(4-2)15-11)10-13(17)14-7-5-6-8-20(14,18)19/h9,13-14,17H,3-8,10H2,1-2H3. The Balaban J connectivity index is 2.14. The summed E-state index contributed by atoms with van der Waals surface area (Å²) in [5.41, 5.74) is 1.91. The van der Waals surface area contributed by atoms with Crippen LogP contribution in [0, 0.1) is 0 Å². The van der Waals surface area contributed by atoms with E-state index in [-0.39, 0.29) is 5.75 Å². The Morgan fingerprint density at radius 2 is 2.20 bits per heavy atom. The predicted octanol–water partition coefficient (Wildman–Crippen LogP) is 1.34. The Morgan fingerprint density at radius 3 is 2.80 bits per heavy atom. The van der Waals surface area contributed by atoms with Gasteiger partial charge in [0.25, 0.3) is 0 Å². The first kappa shape index (κ1) is 15.5. The Morgan fingerprint density at radius 1 is 1.45 bits per heavy atom. The number of aliphatic hydroxyl groups excluding tert-OH is 1. The molecule has 5 nitrogen and oxygen atoms in total. The Labute approximate surface area is 120 Å². The van der Waals surface area contributed by atoms with Gasteiger partial charge in [-0.05, 0) is 32.3 Å². The number of nitrogens with zero attached hydrogens (tertiary/aromatic N) is 2. The second kappa shape index (κ2) is 6.26.